The molecule has 0 aromatic carbocycles. The number of halogens is 1. The third-order valence-corrected chi connectivity index (χ3v) is 1.49. The molecule has 0 aliphatic heterocycles. The van der Waals surface area contributed by atoms with E-state index in [1.165, 1.54) is 28.2 Å². The molecule has 0 unspecified atom stereocenters. The van der Waals surface area contributed by atoms with Crippen LogP contribution in [0.5, 0.6) is 0 Å². The first-order valence-electron chi connectivity index (χ1n) is 4.02. The summed E-state index contributed by atoms with van der Waals surface area (Å²) in [6.45, 7) is 5.43. The van der Waals surface area contributed by atoms with Crippen molar-refractivity contribution in [3.8, 4) is 0 Å². The Balaban J connectivity index is 0. The van der Waals surface area contributed by atoms with Gasteiger partial charge in [-0.2, -0.15) is 0 Å². The van der Waals surface area contributed by atoms with Gasteiger partial charge in [-0.25, -0.2) is 4.57 Å². The molecule has 0 aliphatic rings. The molecule has 1 heterocycles. The van der Waals surface area contributed by atoms with Crippen LogP contribution in [0.3, 0.4) is 0 Å². The van der Waals surface area contributed by atoms with Crippen LogP contribution in [0.15, 0.2) is 24.5 Å². The second-order valence-electron chi connectivity index (χ2n) is 2.62. The molecule has 13 heavy (non-hydrogen) atoms. The van der Waals surface area contributed by atoms with E-state index in [1.54, 1.807) is 0 Å². The Bertz CT molecular complexity index is 233. The third kappa shape index (κ3) is 6.89. The number of pyridine rings is 1. The molecule has 0 saturated carbocycles. The summed E-state index contributed by atoms with van der Waals surface area (Å²) in [6.07, 6.45) is 5.48. The number of rotatable bonds is 2. The molecule has 0 N–H and O–H groups in total. The van der Waals surface area contributed by atoms with E-state index >= 15 is 0 Å². The number of aryl methyl sites for hydroxylation is 2. The van der Waals surface area contributed by atoms with Gasteiger partial charge in [0.1, 0.15) is 6.54 Å². The fourth-order valence-electron chi connectivity index (χ4n) is 1.05. The molecule has 1 radical (unpaired) electrons. The maximum atomic E-state index is 8.17. The van der Waals surface area contributed by atoms with Crippen LogP contribution in [0, 0.1) is 6.92 Å². The van der Waals surface area contributed by atoms with Crippen molar-refractivity contribution >= 4 is 28.6 Å². The van der Waals surface area contributed by atoms with E-state index in [9.17, 15) is 0 Å². The standard InChI is InChI=1S/C9H14N.Al.ClH.O/c1-3-6-10-7-4-5-9(2)8-10;;;/h4-5,7-8H,3,6H2,1-2H3;;1H;/q+1;;;. The van der Waals surface area contributed by atoms with Gasteiger partial charge >= 0.3 is 20.0 Å². The van der Waals surface area contributed by atoms with Gasteiger partial charge in [-0.3, -0.25) is 0 Å². The zero-order valence-corrected chi connectivity index (χ0v) is 10.0. The molecular weight excluding hydrogens is 201 g/mol. The summed E-state index contributed by atoms with van der Waals surface area (Å²) in [5.74, 6) is 0. The van der Waals surface area contributed by atoms with E-state index in [1.807, 2.05) is 0 Å². The zero-order valence-electron chi connectivity index (χ0n) is 8.06. The van der Waals surface area contributed by atoms with Gasteiger partial charge in [-0.05, 0) is 13.0 Å². The molecule has 0 aliphatic carbocycles. The molecule has 1 aromatic rings. The van der Waals surface area contributed by atoms with Gasteiger partial charge in [0.2, 0.25) is 0 Å². The fraction of sp³-hybridized carbons (Fsp3) is 0.444. The van der Waals surface area contributed by atoms with Gasteiger partial charge in [-0.15, -0.1) is 12.4 Å². The Morgan fingerprint density at radius 3 is 2.54 bits per heavy atom. The van der Waals surface area contributed by atoms with E-state index in [0.29, 0.717) is 0 Å². The van der Waals surface area contributed by atoms with Crippen molar-refractivity contribution in [1.82, 2.24) is 0 Å². The van der Waals surface area contributed by atoms with Crippen molar-refractivity contribution in [1.29, 1.82) is 0 Å². The second-order valence-corrected chi connectivity index (χ2v) is 2.62. The molecule has 1 rings (SSSR count). The average molecular weight is 216 g/mol. The van der Waals surface area contributed by atoms with Crippen molar-refractivity contribution in [2.45, 2.75) is 26.8 Å². The van der Waals surface area contributed by atoms with Crippen molar-refractivity contribution in [3.05, 3.63) is 30.1 Å². The number of hydrogen-bond acceptors (Lipinski definition) is 1. The predicted molar refractivity (Wildman–Crippen MR) is 55.4 cm³/mol. The van der Waals surface area contributed by atoms with E-state index in [0.717, 1.165) is 6.54 Å². The molecule has 0 amide bonds. The molecule has 0 atom stereocenters. The van der Waals surface area contributed by atoms with Crippen molar-refractivity contribution in [2.24, 2.45) is 0 Å². The Labute approximate surface area is 94.0 Å². The SMILES string of the molecule is CCC[n+]1cccc(C)c1.Cl.[O]=[Al]. The summed E-state index contributed by atoms with van der Waals surface area (Å²) in [6, 6.07) is 4.21. The van der Waals surface area contributed by atoms with E-state index in [2.05, 4.69) is 42.9 Å². The van der Waals surface area contributed by atoms with Crippen LogP contribution in [0.25, 0.3) is 0 Å². The summed E-state index contributed by atoms with van der Waals surface area (Å²) in [7, 11) is 0. The molecular formula is C9H15AlClNO+. The molecule has 2 nitrogen and oxygen atoms in total. The molecule has 0 fully saturated rings. The van der Waals surface area contributed by atoms with E-state index in [4.69, 9.17) is 3.80 Å². The topological polar surface area (TPSA) is 20.9 Å². The summed E-state index contributed by atoms with van der Waals surface area (Å²) in [5.41, 5.74) is 1.33. The summed E-state index contributed by atoms with van der Waals surface area (Å²) >= 11 is 1.17. The Morgan fingerprint density at radius 1 is 1.46 bits per heavy atom. The molecule has 1 aromatic heterocycles. The third-order valence-electron chi connectivity index (χ3n) is 1.49. The van der Waals surface area contributed by atoms with Crippen molar-refractivity contribution < 1.29 is 8.37 Å². The minimum atomic E-state index is 0. The normalized spacial score (nSPS) is 7.77. The molecule has 0 bridgehead atoms. The van der Waals surface area contributed by atoms with Crippen LogP contribution in [-0.4, -0.2) is 16.2 Å². The van der Waals surface area contributed by atoms with Gasteiger partial charge in [0.05, 0.1) is 0 Å². The molecule has 0 saturated heterocycles. The van der Waals surface area contributed by atoms with E-state index in [-0.39, 0.29) is 12.4 Å². The van der Waals surface area contributed by atoms with Crippen LogP contribution in [0.4, 0.5) is 0 Å². The van der Waals surface area contributed by atoms with Crippen molar-refractivity contribution in [2.75, 3.05) is 0 Å². The molecule has 0 spiro atoms. The van der Waals surface area contributed by atoms with Crippen LogP contribution < -0.4 is 4.57 Å². The monoisotopic (exact) mass is 215 g/mol. The zero-order chi connectivity index (χ0) is 9.40. The fourth-order valence-corrected chi connectivity index (χ4v) is 1.05. The van der Waals surface area contributed by atoms with Gasteiger partial charge in [0.25, 0.3) is 0 Å². The Hall–Kier alpha value is -0.228. The Morgan fingerprint density at radius 2 is 2.08 bits per heavy atom. The number of hydrogen-bond donors (Lipinski definition) is 0. The van der Waals surface area contributed by atoms with Gasteiger partial charge in [0, 0.05) is 18.1 Å². The van der Waals surface area contributed by atoms with Gasteiger partial charge in [-0.1, -0.05) is 6.92 Å². The maximum absolute atomic E-state index is 8.17. The average Bonchev–Trinajstić information content (AvgIpc) is 2.09. The summed E-state index contributed by atoms with van der Waals surface area (Å²) < 4.78 is 10.4. The van der Waals surface area contributed by atoms with Crippen molar-refractivity contribution in [3.63, 3.8) is 0 Å². The van der Waals surface area contributed by atoms with Crippen LogP contribution in [0.1, 0.15) is 18.9 Å². The summed E-state index contributed by atoms with van der Waals surface area (Å²) in [5, 5.41) is 0. The summed E-state index contributed by atoms with van der Waals surface area (Å²) in [4.78, 5) is 0. The first kappa shape index (κ1) is 15.3. The van der Waals surface area contributed by atoms with Crippen LogP contribution >= 0.6 is 12.4 Å². The van der Waals surface area contributed by atoms with Gasteiger partial charge < -0.3 is 0 Å². The first-order valence-corrected chi connectivity index (χ1v) is 4.49. The predicted octanol–water partition coefficient (Wildman–Crippen LogP) is 1.61. The number of nitrogens with zero attached hydrogens (tertiary/aromatic N) is 1. The first-order chi connectivity index (χ1) is 5.83. The second kappa shape index (κ2) is 9.86. The van der Waals surface area contributed by atoms with Crippen LogP contribution in [-0.2, 0) is 10.3 Å². The number of aromatic nitrogens is 1. The Kier molecular flexibility index (Phi) is 11.6. The van der Waals surface area contributed by atoms with Gasteiger partial charge in [0.15, 0.2) is 12.4 Å². The molecule has 71 valence electrons. The van der Waals surface area contributed by atoms with Crippen LogP contribution in [0.2, 0.25) is 0 Å². The minimum absolute atomic E-state index is 0. The molecule has 4 heteroatoms. The quantitative estimate of drug-likeness (QED) is 0.543. The van der Waals surface area contributed by atoms with E-state index < -0.39 is 0 Å².